The average Bonchev–Trinajstić information content (AvgIpc) is 2.19. The molecular weight excluding hydrogens is 260 g/mol. The first-order valence-corrected chi connectivity index (χ1v) is 5.74. The van der Waals surface area contributed by atoms with Gasteiger partial charge in [0.2, 0.25) is 5.88 Å². The van der Waals surface area contributed by atoms with E-state index in [0.29, 0.717) is 19.1 Å². The lowest BCUT2D eigenvalue weighted by atomic mass is 10.2. The maximum atomic E-state index is 5.29. The van der Waals surface area contributed by atoms with E-state index < -0.39 is 0 Å². The molecule has 1 rings (SSSR count). The van der Waals surface area contributed by atoms with Crippen molar-refractivity contribution in [3.8, 4) is 5.88 Å². The summed E-state index contributed by atoms with van der Waals surface area (Å²) in [4.78, 5) is 8.44. The van der Waals surface area contributed by atoms with Gasteiger partial charge >= 0.3 is 0 Å². The van der Waals surface area contributed by atoms with Gasteiger partial charge in [-0.15, -0.1) is 0 Å². The zero-order valence-electron chi connectivity index (χ0n) is 8.94. The third-order valence-electron chi connectivity index (χ3n) is 1.77. The topological polar surface area (TPSA) is 44.2 Å². The standard InChI is InChI=1S/C10H15BrN2O2/c1-3-15-10-5-9(12-7-13-10)4-8(11)6-14-2/h5,7-8H,3-4,6H2,1-2H3. The van der Waals surface area contributed by atoms with E-state index in [2.05, 4.69) is 25.9 Å². The summed E-state index contributed by atoms with van der Waals surface area (Å²) in [6.45, 7) is 3.21. The third kappa shape index (κ3) is 4.57. The second-order valence-electron chi connectivity index (χ2n) is 3.04. The fraction of sp³-hybridized carbons (Fsp3) is 0.600. The van der Waals surface area contributed by atoms with Gasteiger partial charge in [0.25, 0.3) is 0 Å². The number of hydrogen-bond acceptors (Lipinski definition) is 4. The van der Waals surface area contributed by atoms with E-state index in [1.54, 1.807) is 7.11 Å². The van der Waals surface area contributed by atoms with Crippen molar-refractivity contribution in [1.29, 1.82) is 0 Å². The molecule has 0 fully saturated rings. The molecule has 0 aliphatic carbocycles. The lowest BCUT2D eigenvalue weighted by molar-refractivity contribution is 0.200. The van der Waals surface area contributed by atoms with Crippen LogP contribution in [0.15, 0.2) is 12.4 Å². The minimum absolute atomic E-state index is 0.270. The van der Waals surface area contributed by atoms with Crippen molar-refractivity contribution in [3.63, 3.8) is 0 Å². The van der Waals surface area contributed by atoms with Crippen molar-refractivity contribution >= 4 is 15.9 Å². The molecule has 0 saturated heterocycles. The normalized spacial score (nSPS) is 12.5. The minimum atomic E-state index is 0.270. The first-order valence-electron chi connectivity index (χ1n) is 4.83. The minimum Gasteiger partial charge on any atom is -0.478 e. The van der Waals surface area contributed by atoms with Crippen molar-refractivity contribution in [2.75, 3.05) is 20.3 Å². The molecule has 0 aliphatic heterocycles. The molecule has 0 spiro atoms. The predicted octanol–water partition coefficient (Wildman–Crippen LogP) is 1.83. The van der Waals surface area contributed by atoms with Gasteiger partial charge in [0, 0.05) is 30.1 Å². The smallest absolute Gasteiger partial charge is 0.216 e. The molecule has 15 heavy (non-hydrogen) atoms. The molecular formula is C10H15BrN2O2. The fourth-order valence-corrected chi connectivity index (χ4v) is 1.78. The van der Waals surface area contributed by atoms with Crippen molar-refractivity contribution in [2.45, 2.75) is 18.2 Å². The molecule has 5 heteroatoms. The summed E-state index contributed by atoms with van der Waals surface area (Å²) in [5.74, 6) is 0.625. The predicted molar refractivity (Wildman–Crippen MR) is 61.5 cm³/mol. The molecule has 4 nitrogen and oxygen atoms in total. The van der Waals surface area contributed by atoms with Crippen LogP contribution in [0.3, 0.4) is 0 Å². The molecule has 0 aromatic carbocycles. The van der Waals surface area contributed by atoms with Crippen molar-refractivity contribution in [1.82, 2.24) is 9.97 Å². The lowest BCUT2D eigenvalue weighted by Crippen LogP contribution is -2.11. The second-order valence-corrected chi connectivity index (χ2v) is 4.33. The van der Waals surface area contributed by atoms with Gasteiger partial charge in [-0.1, -0.05) is 15.9 Å². The number of hydrogen-bond donors (Lipinski definition) is 0. The van der Waals surface area contributed by atoms with Crippen LogP contribution in [-0.2, 0) is 11.2 Å². The Hall–Kier alpha value is -0.680. The van der Waals surface area contributed by atoms with E-state index in [9.17, 15) is 0 Å². The van der Waals surface area contributed by atoms with E-state index in [-0.39, 0.29) is 4.83 Å². The number of methoxy groups -OCH3 is 1. The summed E-state index contributed by atoms with van der Waals surface area (Å²) < 4.78 is 10.3. The molecule has 0 amide bonds. The van der Waals surface area contributed by atoms with Crippen LogP contribution < -0.4 is 4.74 Å². The maximum Gasteiger partial charge on any atom is 0.216 e. The van der Waals surface area contributed by atoms with Crippen molar-refractivity contribution in [2.24, 2.45) is 0 Å². The maximum absolute atomic E-state index is 5.29. The Bertz CT molecular complexity index is 297. The van der Waals surface area contributed by atoms with Crippen LogP contribution in [0.25, 0.3) is 0 Å². The summed E-state index contributed by atoms with van der Waals surface area (Å²) >= 11 is 3.51. The number of rotatable bonds is 6. The number of nitrogens with zero attached hydrogens (tertiary/aromatic N) is 2. The Labute approximate surface area is 98.2 Å². The molecule has 1 unspecified atom stereocenters. The van der Waals surface area contributed by atoms with E-state index in [4.69, 9.17) is 9.47 Å². The molecule has 1 aromatic rings. The van der Waals surface area contributed by atoms with Gasteiger partial charge in [0.15, 0.2) is 0 Å². The highest BCUT2D eigenvalue weighted by Crippen LogP contribution is 2.12. The van der Waals surface area contributed by atoms with Crippen LogP contribution in [0, 0.1) is 0 Å². The van der Waals surface area contributed by atoms with Gasteiger partial charge in [0.1, 0.15) is 6.33 Å². The Kier molecular flexibility index (Phi) is 5.57. The van der Waals surface area contributed by atoms with E-state index in [1.807, 2.05) is 13.0 Å². The van der Waals surface area contributed by atoms with Crippen LogP contribution in [0.4, 0.5) is 0 Å². The first-order chi connectivity index (χ1) is 7.26. The van der Waals surface area contributed by atoms with Gasteiger partial charge in [-0.3, -0.25) is 0 Å². The second kappa shape index (κ2) is 6.74. The summed E-state index contributed by atoms with van der Waals surface area (Å²) in [6.07, 6.45) is 2.32. The molecule has 1 heterocycles. The van der Waals surface area contributed by atoms with Gasteiger partial charge in [-0.05, 0) is 6.92 Å². The van der Waals surface area contributed by atoms with Gasteiger partial charge in [-0.2, -0.15) is 0 Å². The summed E-state index contributed by atoms with van der Waals surface area (Å²) in [7, 11) is 1.68. The lowest BCUT2D eigenvalue weighted by Gasteiger charge is -2.08. The molecule has 0 radical (unpaired) electrons. The molecule has 1 atom stereocenters. The zero-order valence-corrected chi connectivity index (χ0v) is 10.5. The first kappa shape index (κ1) is 12.4. The van der Waals surface area contributed by atoms with Crippen LogP contribution in [0.5, 0.6) is 5.88 Å². The Morgan fingerprint density at radius 2 is 2.27 bits per heavy atom. The van der Waals surface area contributed by atoms with Gasteiger partial charge in [0.05, 0.1) is 13.2 Å². The quantitative estimate of drug-likeness (QED) is 0.743. The number of aromatic nitrogens is 2. The number of alkyl halides is 1. The number of ether oxygens (including phenoxy) is 2. The van der Waals surface area contributed by atoms with E-state index in [1.165, 1.54) is 6.33 Å². The van der Waals surface area contributed by atoms with Gasteiger partial charge in [-0.25, -0.2) is 9.97 Å². The van der Waals surface area contributed by atoms with Crippen LogP contribution in [-0.4, -0.2) is 35.1 Å². The molecule has 0 N–H and O–H groups in total. The number of halogens is 1. The van der Waals surface area contributed by atoms with Crippen LogP contribution >= 0.6 is 15.9 Å². The highest BCUT2D eigenvalue weighted by Gasteiger charge is 2.07. The summed E-state index contributed by atoms with van der Waals surface area (Å²) in [5, 5.41) is 0. The summed E-state index contributed by atoms with van der Waals surface area (Å²) in [6, 6.07) is 1.85. The molecule has 84 valence electrons. The Morgan fingerprint density at radius 1 is 1.47 bits per heavy atom. The Morgan fingerprint density at radius 3 is 2.93 bits per heavy atom. The monoisotopic (exact) mass is 274 g/mol. The van der Waals surface area contributed by atoms with Crippen molar-refractivity contribution < 1.29 is 9.47 Å². The average molecular weight is 275 g/mol. The fourth-order valence-electron chi connectivity index (χ4n) is 1.18. The largest absolute Gasteiger partial charge is 0.478 e. The van der Waals surface area contributed by atoms with Crippen molar-refractivity contribution in [3.05, 3.63) is 18.1 Å². The van der Waals surface area contributed by atoms with Gasteiger partial charge < -0.3 is 9.47 Å². The summed E-state index contributed by atoms with van der Waals surface area (Å²) in [5.41, 5.74) is 0.951. The highest BCUT2D eigenvalue weighted by atomic mass is 79.9. The van der Waals surface area contributed by atoms with E-state index >= 15 is 0 Å². The van der Waals surface area contributed by atoms with E-state index in [0.717, 1.165) is 12.1 Å². The molecule has 0 saturated carbocycles. The van der Waals surface area contributed by atoms with Crippen LogP contribution in [0.2, 0.25) is 0 Å². The highest BCUT2D eigenvalue weighted by molar-refractivity contribution is 9.09. The Balaban J connectivity index is 2.56. The zero-order chi connectivity index (χ0) is 11.1. The SMILES string of the molecule is CCOc1cc(CC(Br)COC)ncn1. The van der Waals surface area contributed by atoms with Crippen LogP contribution in [0.1, 0.15) is 12.6 Å². The molecule has 1 aromatic heterocycles. The molecule has 0 aliphatic rings. The molecule has 0 bridgehead atoms. The third-order valence-corrected chi connectivity index (χ3v) is 2.36.